The first-order valence-electron chi connectivity index (χ1n) is 14.6. The van der Waals surface area contributed by atoms with Gasteiger partial charge in [0.25, 0.3) is 0 Å². The van der Waals surface area contributed by atoms with E-state index in [4.69, 9.17) is 18.9 Å². The molecule has 44 heavy (non-hydrogen) atoms. The lowest BCUT2D eigenvalue weighted by molar-refractivity contribution is 0.457. The maximum absolute atomic E-state index is 15.8. The Morgan fingerprint density at radius 2 is 0.841 bits per heavy atom. The summed E-state index contributed by atoms with van der Waals surface area (Å²) in [5, 5.41) is 5.50. The summed E-state index contributed by atoms with van der Waals surface area (Å²) in [6.07, 6.45) is 1.55. The summed E-state index contributed by atoms with van der Waals surface area (Å²) in [5.41, 5.74) is 2.18. The van der Waals surface area contributed by atoms with Crippen molar-refractivity contribution in [1.29, 1.82) is 0 Å². The van der Waals surface area contributed by atoms with Crippen LogP contribution in [0.3, 0.4) is 0 Å². The summed E-state index contributed by atoms with van der Waals surface area (Å²) in [6, 6.07) is 30.4. The normalized spacial score (nSPS) is 21.6. The van der Waals surface area contributed by atoms with Crippen LogP contribution in [-0.4, -0.2) is 0 Å². The van der Waals surface area contributed by atoms with Gasteiger partial charge in [0.2, 0.25) is 0 Å². The van der Waals surface area contributed by atoms with E-state index in [0.717, 1.165) is 34.7 Å². The van der Waals surface area contributed by atoms with Crippen molar-refractivity contribution in [2.75, 3.05) is 0 Å². The van der Waals surface area contributed by atoms with E-state index in [-0.39, 0.29) is 0 Å². The van der Waals surface area contributed by atoms with Gasteiger partial charge < -0.3 is 28.1 Å². The molecule has 0 amide bonds. The molecule has 11 rings (SSSR count). The molecular formula is C36H20O6P2. The zero-order chi connectivity index (χ0) is 28.9. The van der Waals surface area contributed by atoms with E-state index in [9.17, 15) is 0 Å². The van der Waals surface area contributed by atoms with Crippen molar-refractivity contribution < 1.29 is 28.1 Å². The van der Waals surface area contributed by atoms with Crippen LogP contribution in [0, 0.1) is 0 Å². The molecule has 0 saturated heterocycles. The van der Waals surface area contributed by atoms with Gasteiger partial charge in [0.1, 0.15) is 56.6 Å². The highest BCUT2D eigenvalue weighted by Gasteiger charge is 2.51. The van der Waals surface area contributed by atoms with Crippen LogP contribution in [0.4, 0.5) is 0 Å². The van der Waals surface area contributed by atoms with Gasteiger partial charge in [-0.2, -0.15) is 0 Å². The summed E-state index contributed by atoms with van der Waals surface area (Å²) >= 11 is 0. The molecule has 0 spiro atoms. The van der Waals surface area contributed by atoms with Crippen LogP contribution in [0.25, 0.3) is 10.8 Å². The van der Waals surface area contributed by atoms with Crippen LogP contribution in [-0.2, 0) is 22.0 Å². The second-order valence-corrected chi connectivity index (χ2v) is 17.0. The van der Waals surface area contributed by atoms with E-state index in [1.165, 1.54) is 0 Å². The highest BCUT2D eigenvalue weighted by molar-refractivity contribution is 7.86. The minimum Gasteiger partial charge on any atom is -0.456 e. The van der Waals surface area contributed by atoms with Crippen molar-refractivity contribution >= 4 is 56.9 Å². The van der Waals surface area contributed by atoms with E-state index in [2.05, 4.69) is 12.1 Å². The number of para-hydroxylation sites is 2. The summed E-state index contributed by atoms with van der Waals surface area (Å²) in [4.78, 5) is 0. The molecule has 4 aliphatic heterocycles. The van der Waals surface area contributed by atoms with E-state index in [0.29, 0.717) is 77.8 Å². The molecule has 2 unspecified atom stereocenters. The first-order chi connectivity index (χ1) is 21.5. The van der Waals surface area contributed by atoms with Gasteiger partial charge in [-0.15, -0.1) is 0 Å². The Labute approximate surface area is 251 Å². The zero-order valence-electron chi connectivity index (χ0n) is 23.0. The van der Waals surface area contributed by atoms with E-state index in [1.807, 2.05) is 84.9 Å². The van der Waals surface area contributed by atoms with Crippen molar-refractivity contribution in [2.45, 2.75) is 12.8 Å². The second-order valence-electron chi connectivity index (χ2n) is 11.8. The molecule has 6 aromatic rings. The summed E-state index contributed by atoms with van der Waals surface area (Å²) in [7, 11) is -6.84. The number of ether oxygens (including phenoxy) is 4. The molecule has 0 fully saturated rings. The van der Waals surface area contributed by atoms with Crippen LogP contribution in [0.1, 0.15) is 11.1 Å². The van der Waals surface area contributed by atoms with Crippen molar-refractivity contribution in [1.82, 2.24) is 0 Å². The first-order valence-corrected chi connectivity index (χ1v) is 18.0. The average molecular weight is 610 g/mol. The standard InChI is InChI=1S/C36H20O6P2/c37-43-27-13-3-1-7-21(27)39-23-9-5-11-25(35(23)43)41-33-29(43)17-19-15-16-20-18-30-34(32(33)31(19)20)42-26-12-6-10-24-36(26)44(30,38)28-14-4-2-8-22(28)40-24/h1-14,17-18H,15-16H2. The Hall–Kier alpha value is -4.76. The SMILES string of the molecule is O=P12c3ccccc3Oc3cccc(c31)Oc1c2cc2c3c(cc4c(c13)Oc1cccc3c1P4(=O)c1ccccc1O3)CC2. The molecule has 0 bridgehead atoms. The van der Waals surface area contributed by atoms with E-state index in [1.54, 1.807) is 0 Å². The highest BCUT2D eigenvalue weighted by Crippen LogP contribution is 2.64. The van der Waals surface area contributed by atoms with Gasteiger partial charge in [-0.3, -0.25) is 0 Å². The number of fused-ring (bicyclic) bond motifs is 10. The molecular weight excluding hydrogens is 590 g/mol. The first kappa shape index (κ1) is 23.7. The van der Waals surface area contributed by atoms with Gasteiger partial charge in [0.05, 0.1) is 26.6 Å². The molecule has 8 heteroatoms. The predicted molar refractivity (Wildman–Crippen MR) is 170 cm³/mol. The topological polar surface area (TPSA) is 71.1 Å². The van der Waals surface area contributed by atoms with Gasteiger partial charge in [-0.25, -0.2) is 0 Å². The smallest absolute Gasteiger partial charge is 0.185 e. The van der Waals surface area contributed by atoms with Gasteiger partial charge in [-0.05, 0) is 90.0 Å². The van der Waals surface area contributed by atoms with Gasteiger partial charge >= 0.3 is 0 Å². The number of hydrogen-bond acceptors (Lipinski definition) is 6. The quantitative estimate of drug-likeness (QED) is 0.179. The fourth-order valence-corrected chi connectivity index (χ4v) is 14.0. The minimum atomic E-state index is -3.42. The van der Waals surface area contributed by atoms with Crippen molar-refractivity contribution in [3.05, 3.63) is 108 Å². The fourth-order valence-electron chi connectivity index (χ4n) is 7.82. The lowest BCUT2D eigenvalue weighted by Gasteiger charge is -2.37. The fraction of sp³-hybridized carbons (Fsp3) is 0.0556. The van der Waals surface area contributed by atoms with Gasteiger partial charge in [0, 0.05) is 0 Å². The molecule has 210 valence electrons. The molecule has 0 saturated carbocycles. The zero-order valence-corrected chi connectivity index (χ0v) is 24.8. The van der Waals surface area contributed by atoms with Crippen LogP contribution < -0.4 is 50.8 Å². The van der Waals surface area contributed by atoms with E-state index >= 15 is 9.13 Å². The average Bonchev–Trinajstić information content (AvgIpc) is 3.45. The molecule has 0 radical (unpaired) electrons. The van der Waals surface area contributed by atoms with Crippen LogP contribution >= 0.6 is 14.3 Å². The largest absolute Gasteiger partial charge is 0.456 e. The Morgan fingerprint density at radius 3 is 1.32 bits per heavy atom. The van der Waals surface area contributed by atoms with Crippen LogP contribution in [0.2, 0.25) is 0 Å². The molecule has 5 aliphatic rings. The lowest BCUT2D eigenvalue weighted by atomic mass is 10.0. The minimum absolute atomic E-state index is 0.501. The van der Waals surface area contributed by atoms with E-state index < -0.39 is 14.3 Å². The molecule has 0 aromatic heterocycles. The highest BCUT2D eigenvalue weighted by atomic mass is 31.2. The van der Waals surface area contributed by atoms with Crippen molar-refractivity contribution in [2.24, 2.45) is 0 Å². The Morgan fingerprint density at radius 1 is 0.432 bits per heavy atom. The summed E-state index contributed by atoms with van der Waals surface area (Å²) < 4.78 is 57.6. The van der Waals surface area contributed by atoms with Gasteiger partial charge in [-0.1, -0.05) is 36.4 Å². The molecule has 6 nitrogen and oxygen atoms in total. The molecule has 6 aromatic carbocycles. The Bertz CT molecular complexity index is 2310. The number of benzene rings is 6. The number of aryl methyl sites for hydroxylation is 2. The molecule has 1 aliphatic carbocycles. The Kier molecular flexibility index (Phi) is 4.12. The number of rotatable bonds is 0. The maximum atomic E-state index is 15.8. The second kappa shape index (κ2) is 7.65. The molecule has 4 heterocycles. The van der Waals surface area contributed by atoms with Crippen LogP contribution in [0.15, 0.2) is 97.1 Å². The molecule has 0 N–H and O–H groups in total. The summed E-state index contributed by atoms with van der Waals surface area (Å²) in [6.45, 7) is 0. The third kappa shape index (κ3) is 2.56. The number of hydrogen-bond donors (Lipinski definition) is 0. The third-order valence-corrected chi connectivity index (χ3v) is 15.9. The predicted octanol–water partition coefficient (Wildman–Crippen LogP) is 6.64. The third-order valence-electron chi connectivity index (χ3n) is 9.60. The van der Waals surface area contributed by atoms with Crippen molar-refractivity contribution in [3.63, 3.8) is 0 Å². The lowest BCUT2D eigenvalue weighted by Crippen LogP contribution is -2.36. The monoisotopic (exact) mass is 610 g/mol. The summed E-state index contributed by atoms with van der Waals surface area (Å²) in [5.74, 6) is 4.26. The van der Waals surface area contributed by atoms with Crippen molar-refractivity contribution in [3.8, 4) is 46.0 Å². The Balaban J connectivity index is 1.31. The molecule has 2 atom stereocenters. The van der Waals surface area contributed by atoms with Crippen LogP contribution in [0.5, 0.6) is 46.0 Å². The maximum Gasteiger partial charge on any atom is 0.185 e. The van der Waals surface area contributed by atoms with Gasteiger partial charge in [0.15, 0.2) is 14.3 Å².